The van der Waals surface area contributed by atoms with Gasteiger partial charge in [0.05, 0.1) is 4.92 Å². The molecule has 0 spiro atoms. The number of nitro benzene ring substituents is 1. The highest BCUT2D eigenvalue weighted by Gasteiger charge is 2.38. The van der Waals surface area contributed by atoms with Crippen LogP contribution in [0.25, 0.3) is 0 Å². The summed E-state index contributed by atoms with van der Waals surface area (Å²) in [4.78, 5) is 13.0. The number of nitrogens with one attached hydrogen (secondary N) is 1. The van der Waals surface area contributed by atoms with E-state index in [0.29, 0.717) is 5.56 Å². The first kappa shape index (κ1) is 15.9. The Morgan fingerprint density at radius 1 is 1.43 bits per heavy atom. The van der Waals surface area contributed by atoms with Crippen LogP contribution in [0.5, 0.6) is 0 Å². The smallest absolute Gasteiger partial charge is 0.272 e. The van der Waals surface area contributed by atoms with E-state index < -0.39 is 0 Å². The van der Waals surface area contributed by atoms with E-state index in [4.69, 9.17) is 0 Å². The van der Waals surface area contributed by atoms with E-state index in [1.54, 1.807) is 13.0 Å². The summed E-state index contributed by atoms with van der Waals surface area (Å²) in [6.45, 7) is 4.76. The third kappa shape index (κ3) is 3.24. The molecule has 1 saturated carbocycles. The Morgan fingerprint density at radius 3 is 2.57 bits per heavy atom. The zero-order valence-electron chi connectivity index (χ0n) is 13.3. The molecule has 0 amide bonds. The summed E-state index contributed by atoms with van der Waals surface area (Å²) in [5, 5.41) is 14.6. The second kappa shape index (κ2) is 6.12. The molecule has 116 valence electrons. The minimum atomic E-state index is -0.307. The number of hydrogen-bond acceptors (Lipinski definition) is 4. The number of rotatable bonds is 6. The number of nitro groups is 1. The number of aryl methyl sites for hydroxylation is 1. The fourth-order valence-corrected chi connectivity index (χ4v) is 2.92. The van der Waals surface area contributed by atoms with Crippen molar-refractivity contribution >= 4 is 5.69 Å². The summed E-state index contributed by atoms with van der Waals surface area (Å²) in [5.41, 5.74) is 2.14. The zero-order chi connectivity index (χ0) is 15.6. The van der Waals surface area contributed by atoms with E-state index in [1.165, 1.54) is 19.3 Å². The molecule has 0 saturated heterocycles. The summed E-state index contributed by atoms with van der Waals surface area (Å²) in [5.74, 6) is 0. The molecule has 5 heteroatoms. The Kier molecular flexibility index (Phi) is 4.64. The minimum absolute atomic E-state index is 0.113. The van der Waals surface area contributed by atoms with Crippen molar-refractivity contribution in [2.24, 2.45) is 0 Å². The van der Waals surface area contributed by atoms with Crippen molar-refractivity contribution in [3.8, 4) is 0 Å². The molecule has 1 fully saturated rings. The van der Waals surface area contributed by atoms with Crippen LogP contribution < -0.4 is 5.32 Å². The maximum atomic E-state index is 11.0. The van der Waals surface area contributed by atoms with Crippen molar-refractivity contribution in [1.82, 2.24) is 10.2 Å². The molecular weight excluding hydrogens is 266 g/mol. The predicted octanol–water partition coefficient (Wildman–Crippen LogP) is 3.04. The van der Waals surface area contributed by atoms with E-state index in [2.05, 4.69) is 31.2 Å². The lowest BCUT2D eigenvalue weighted by Crippen LogP contribution is -2.56. The summed E-state index contributed by atoms with van der Waals surface area (Å²) >= 11 is 0. The van der Waals surface area contributed by atoms with Crippen LogP contribution in [0.3, 0.4) is 0 Å². The molecule has 2 rings (SSSR count). The fourth-order valence-electron chi connectivity index (χ4n) is 2.92. The van der Waals surface area contributed by atoms with Crippen LogP contribution in [0.4, 0.5) is 5.69 Å². The standard InChI is InChI=1S/C16H25N3O2/c1-12-6-7-14(10-15(12)19(20)21)13(2)17-11-16(18(3)4)8-5-9-16/h6-7,10,13,17H,5,8-9,11H2,1-4H3. The van der Waals surface area contributed by atoms with Crippen molar-refractivity contribution in [2.45, 2.75) is 44.7 Å². The van der Waals surface area contributed by atoms with Crippen molar-refractivity contribution in [3.05, 3.63) is 39.4 Å². The van der Waals surface area contributed by atoms with Crippen molar-refractivity contribution < 1.29 is 4.92 Å². The maximum Gasteiger partial charge on any atom is 0.272 e. The molecular formula is C16H25N3O2. The van der Waals surface area contributed by atoms with E-state index in [-0.39, 0.29) is 22.2 Å². The van der Waals surface area contributed by atoms with Gasteiger partial charge in [-0.25, -0.2) is 0 Å². The van der Waals surface area contributed by atoms with Gasteiger partial charge in [0.25, 0.3) is 5.69 Å². The molecule has 1 N–H and O–H groups in total. The zero-order valence-corrected chi connectivity index (χ0v) is 13.3. The topological polar surface area (TPSA) is 58.4 Å². The van der Waals surface area contributed by atoms with Gasteiger partial charge in [0.2, 0.25) is 0 Å². The monoisotopic (exact) mass is 291 g/mol. The quantitative estimate of drug-likeness (QED) is 0.646. The molecule has 0 radical (unpaired) electrons. The van der Waals surface area contributed by atoms with Crippen molar-refractivity contribution in [2.75, 3.05) is 20.6 Å². The van der Waals surface area contributed by atoms with Gasteiger partial charge in [0.15, 0.2) is 0 Å². The van der Waals surface area contributed by atoms with Crippen LogP contribution in [0.1, 0.15) is 43.4 Å². The largest absolute Gasteiger partial charge is 0.308 e. The molecule has 1 unspecified atom stereocenters. The summed E-state index contributed by atoms with van der Waals surface area (Å²) in [6, 6.07) is 5.61. The molecule has 1 aromatic rings. The van der Waals surface area contributed by atoms with E-state index in [1.807, 2.05) is 12.1 Å². The highest BCUT2D eigenvalue weighted by atomic mass is 16.6. The fraction of sp³-hybridized carbons (Fsp3) is 0.625. The number of benzene rings is 1. The molecule has 1 aliphatic rings. The molecule has 0 heterocycles. The van der Waals surface area contributed by atoms with Crippen molar-refractivity contribution in [3.63, 3.8) is 0 Å². The molecule has 1 atom stereocenters. The Hall–Kier alpha value is -1.46. The van der Waals surface area contributed by atoms with Gasteiger partial charge < -0.3 is 10.2 Å². The first-order chi connectivity index (χ1) is 9.85. The van der Waals surface area contributed by atoms with Gasteiger partial charge in [-0.3, -0.25) is 10.1 Å². The average Bonchev–Trinajstić information content (AvgIpc) is 2.36. The molecule has 5 nitrogen and oxygen atoms in total. The number of likely N-dealkylation sites (N-methyl/N-ethyl adjacent to an activating group) is 1. The molecule has 0 aliphatic heterocycles. The lowest BCUT2D eigenvalue weighted by atomic mass is 9.75. The van der Waals surface area contributed by atoms with E-state index >= 15 is 0 Å². The second-order valence-electron chi connectivity index (χ2n) is 6.38. The SMILES string of the molecule is Cc1ccc(C(C)NCC2(N(C)C)CCC2)cc1[N+](=O)[O-]. The van der Waals surface area contributed by atoms with E-state index in [0.717, 1.165) is 12.1 Å². The first-order valence-corrected chi connectivity index (χ1v) is 7.51. The molecule has 1 aromatic carbocycles. The Labute approximate surface area is 126 Å². The van der Waals surface area contributed by atoms with Crippen LogP contribution in [0, 0.1) is 17.0 Å². The Bertz CT molecular complexity index is 524. The maximum absolute atomic E-state index is 11.0. The van der Waals surface area contributed by atoms with Gasteiger partial charge in [0, 0.05) is 29.8 Å². The normalized spacial score (nSPS) is 18.3. The van der Waals surface area contributed by atoms with Gasteiger partial charge in [0.1, 0.15) is 0 Å². The average molecular weight is 291 g/mol. The van der Waals surface area contributed by atoms with Crippen LogP contribution in [0.2, 0.25) is 0 Å². The molecule has 0 bridgehead atoms. The van der Waals surface area contributed by atoms with Gasteiger partial charge in [-0.1, -0.05) is 12.1 Å². The lowest BCUT2D eigenvalue weighted by Gasteiger charge is -2.48. The summed E-state index contributed by atoms with van der Waals surface area (Å²) < 4.78 is 0. The van der Waals surface area contributed by atoms with Gasteiger partial charge in [-0.05, 0) is 52.8 Å². The Morgan fingerprint density at radius 2 is 2.10 bits per heavy atom. The number of nitrogens with zero attached hydrogens (tertiary/aromatic N) is 2. The molecule has 21 heavy (non-hydrogen) atoms. The van der Waals surface area contributed by atoms with Gasteiger partial charge in [-0.2, -0.15) is 0 Å². The predicted molar refractivity (Wildman–Crippen MR) is 84.5 cm³/mol. The lowest BCUT2D eigenvalue weighted by molar-refractivity contribution is -0.385. The molecule has 0 aromatic heterocycles. The van der Waals surface area contributed by atoms with Gasteiger partial charge in [-0.15, -0.1) is 0 Å². The Balaban J connectivity index is 2.05. The van der Waals surface area contributed by atoms with Crippen LogP contribution in [0.15, 0.2) is 18.2 Å². The van der Waals surface area contributed by atoms with Crippen LogP contribution >= 0.6 is 0 Å². The second-order valence-corrected chi connectivity index (χ2v) is 6.38. The number of hydrogen-bond donors (Lipinski definition) is 1. The van der Waals surface area contributed by atoms with Crippen LogP contribution in [-0.4, -0.2) is 36.0 Å². The summed E-state index contributed by atoms with van der Waals surface area (Å²) in [7, 11) is 4.25. The van der Waals surface area contributed by atoms with E-state index in [9.17, 15) is 10.1 Å². The first-order valence-electron chi connectivity index (χ1n) is 7.51. The third-order valence-corrected chi connectivity index (χ3v) is 4.90. The van der Waals surface area contributed by atoms with Crippen molar-refractivity contribution in [1.29, 1.82) is 0 Å². The molecule has 1 aliphatic carbocycles. The highest BCUT2D eigenvalue weighted by Crippen LogP contribution is 2.36. The summed E-state index contributed by atoms with van der Waals surface area (Å²) in [6.07, 6.45) is 3.71. The van der Waals surface area contributed by atoms with Gasteiger partial charge >= 0.3 is 0 Å². The minimum Gasteiger partial charge on any atom is -0.308 e. The third-order valence-electron chi connectivity index (χ3n) is 4.90. The highest BCUT2D eigenvalue weighted by molar-refractivity contribution is 5.43. The van der Waals surface area contributed by atoms with Crippen LogP contribution in [-0.2, 0) is 0 Å².